The largest absolute Gasteiger partial charge is 0.466 e. The first kappa shape index (κ1) is 67.9. The molecular formula is C63H125NO5. The Morgan fingerprint density at radius 1 is 0.348 bits per heavy atom. The van der Waals surface area contributed by atoms with Crippen molar-refractivity contribution >= 4 is 11.9 Å². The molecule has 0 aromatic carbocycles. The standard InChI is InChI=1S/C63H125NO5/c1-3-5-7-9-11-13-15-17-18-19-22-26-29-33-37-41-45-49-53-57-63(68)69-58-54-50-46-42-38-34-30-27-24-21-20-23-25-28-32-36-40-44-48-52-56-62(67)64-60(59-65)61(66)55-51-47-43-39-35-31-16-14-12-10-8-6-4-2/h60-61,65-66H,3-59H2,1-2H3,(H,64,67). The Hall–Kier alpha value is -1.14. The number of nitrogens with one attached hydrogen (secondary N) is 1. The van der Waals surface area contributed by atoms with Crippen LogP contribution in [0.15, 0.2) is 0 Å². The van der Waals surface area contributed by atoms with Gasteiger partial charge in [0.1, 0.15) is 0 Å². The van der Waals surface area contributed by atoms with Crippen LogP contribution in [0.5, 0.6) is 0 Å². The molecule has 6 heteroatoms. The van der Waals surface area contributed by atoms with E-state index in [2.05, 4.69) is 19.2 Å². The van der Waals surface area contributed by atoms with Crippen LogP contribution in [-0.4, -0.2) is 47.4 Å². The summed E-state index contributed by atoms with van der Waals surface area (Å²) >= 11 is 0. The average molecular weight is 977 g/mol. The molecule has 69 heavy (non-hydrogen) atoms. The highest BCUT2D eigenvalue weighted by molar-refractivity contribution is 5.76. The van der Waals surface area contributed by atoms with Gasteiger partial charge in [-0.15, -0.1) is 0 Å². The maximum absolute atomic E-state index is 12.5. The van der Waals surface area contributed by atoms with Crippen molar-refractivity contribution in [3.8, 4) is 0 Å². The number of hydrogen-bond acceptors (Lipinski definition) is 5. The topological polar surface area (TPSA) is 95.9 Å². The van der Waals surface area contributed by atoms with E-state index in [1.165, 1.54) is 295 Å². The fourth-order valence-corrected chi connectivity index (χ4v) is 10.3. The van der Waals surface area contributed by atoms with Gasteiger partial charge in [-0.25, -0.2) is 0 Å². The average Bonchev–Trinajstić information content (AvgIpc) is 3.35. The van der Waals surface area contributed by atoms with E-state index >= 15 is 0 Å². The van der Waals surface area contributed by atoms with Crippen LogP contribution in [0.2, 0.25) is 0 Å². The lowest BCUT2D eigenvalue weighted by atomic mass is 10.0. The van der Waals surface area contributed by atoms with Crippen molar-refractivity contribution in [2.75, 3.05) is 13.2 Å². The third-order valence-electron chi connectivity index (χ3n) is 15.2. The summed E-state index contributed by atoms with van der Waals surface area (Å²) in [5, 5.41) is 23.3. The van der Waals surface area contributed by atoms with Crippen LogP contribution >= 0.6 is 0 Å². The van der Waals surface area contributed by atoms with Gasteiger partial charge in [0.25, 0.3) is 0 Å². The first-order chi connectivity index (χ1) is 34.0. The number of rotatable bonds is 60. The van der Waals surface area contributed by atoms with Crippen molar-refractivity contribution in [2.45, 2.75) is 379 Å². The number of unbranched alkanes of at least 4 members (excludes halogenated alkanes) is 49. The lowest BCUT2D eigenvalue weighted by Crippen LogP contribution is -2.45. The number of aliphatic hydroxyl groups excluding tert-OH is 2. The van der Waals surface area contributed by atoms with E-state index in [0.717, 1.165) is 38.5 Å². The molecule has 0 saturated heterocycles. The molecule has 2 atom stereocenters. The zero-order valence-electron chi connectivity index (χ0n) is 47.1. The van der Waals surface area contributed by atoms with E-state index in [1.54, 1.807) is 0 Å². The van der Waals surface area contributed by atoms with Gasteiger partial charge in [-0.2, -0.15) is 0 Å². The van der Waals surface area contributed by atoms with E-state index in [1.807, 2.05) is 0 Å². The summed E-state index contributed by atoms with van der Waals surface area (Å²) in [6.07, 6.45) is 69.7. The van der Waals surface area contributed by atoms with Crippen LogP contribution in [0.1, 0.15) is 367 Å². The Balaban J connectivity index is 3.34. The highest BCUT2D eigenvalue weighted by Crippen LogP contribution is 2.19. The SMILES string of the molecule is CCCCCCCCCCCCCCCCCCCCCC(=O)OCCCCCCCCCCCCCCCCCCCCCCC(=O)NC(CO)C(O)CCCCCCCCCCCCCCC. The van der Waals surface area contributed by atoms with Crippen LogP contribution in [0.25, 0.3) is 0 Å². The van der Waals surface area contributed by atoms with E-state index in [-0.39, 0.29) is 18.5 Å². The number of carbonyl (C=O) groups excluding carboxylic acids is 2. The smallest absolute Gasteiger partial charge is 0.305 e. The molecule has 0 spiro atoms. The van der Waals surface area contributed by atoms with Gasteiger partial charge >= 0.3 is 5.97 Å². The van der Waals surface area contributed by atoms with E-state index in [4.69, 9.17) is 4.74 Å². The molecule has 0 aromatic heterocycles. The zero-order valence-corrected chi connectivity index (χ0v) is 47.1. The number of aliphatic hydroxyl groups is 2. The number of ether oxygens (including phenoxy) is 1. The molecule has 0 aliphatic carbocycles. The Kier molecular flexibility index (Phi) is 58.4. The van der Waals surface area contributed by atoms with Crippen molar-refractivity contribution in [3.05, 3.63) is 0 Å². The Morgan fingerprint density at radius 3 is 0.884 bits per heavy atom. The zero-order chi connectivity index (χ0) is 50.0. The molecule has 0 aliphatic rings. The quantitative estimate of drug-likeness (QED) is 0.0417. The highest BCUT2D eigenvalue weighted by Gasteiger charge is 2.20. The first-order valence-electron chi connectivity index (χ1n) is 31.8. The summed E-state index contributed by atoms with van der Waals surface area (Å²) < 4.78 is 5.51. The van der Waals surface area contributed by atoms with Crippen molar-refractivity contribution in [1.82, 2.24) is 5.32 Å². The molecular weight excluding hydrogens is 851 g/mol. The van der Waals surface area contributed by atoms with Gasteiger partial charge in [-0.1, -0.05) is 328 Å². The Labute approximate surface area is 432 Å². The first-order valence-corrected chi connectivity index (χ1v) is 31.8. The predicted octanol–water partition coefficient (Wildman–Crippen LogP) is 19.9. The van der Waals surface area contributed by atoms with Crippen molar-refractivity contribution in [1.29, 1.82) is 0 Å². The summed E-state index contributed by atoms with van der Waals surface area (Å²) in [4.78, 5) is 24.6. The second-order valence-corrected chi connectivity index (χ2v) is 22.1. The Bertz CT molecular complexity index is 990. The fraction of sp³-hybridized carbons (Fsp3) is 0.968. The monoisotopic (exact) mass is 976 g/mol. The third kappa shape index (κ3) is 56.0. The van der Waals surface area contributed by atoms with E-state index in [0.29, 0.717) is 25.9 Å². The van der Waals surface area contributed by atoms with Gasteiger partial charge in [-0.05, 0) is 25.7 Å². The van der Waals surface area contributed by atoms with E-state index < -0.39 is 12.1 Å². The van der Waals surface area contributed by atoms with Crippen LogP contribution in [0.3, 0.4) is 0 Å². The van der Waals surface area contributed by atoms with Gasteiger partial charge in [0.05, 0.1) is 25.4 Å². The minimum atomic E-state index is -0.663. The third-order valence-corrected chi connectivity index (χ3v) is 15.2. The fourth-order valence-electron chi connectivity index (χ4n) is 10.3. The molecule has 0 rings (SSSR count). The van der Waals surface area contributed by atoms with Gasteiger partial charge in [0.15, 0.2) is 0 Å². The Morgan fingerprint density at radius 2 is 0.594 bits per heavy atom. The van der Waals surface area contributed by atoms with E-state index in [9.17, 15) is 19.8 Å². The molecule has 0 aliphatic heterocycles. The number of esters is 1. The van der Waals surface area contributed by atoms with Crippen LogP contribution < -0.4 is 5.32 Å². The summed E-state index contributed by atoms with van der Waals surface area (Å²) in [6.45, 7) is 4.98. The lowest BCUT2D eigenvalue weighted by Gasteiger charge is -2.22. The maximum Gasteiger partial charge on any atom is 0.305 e. The van der Waals surface area contributed by atoms with Crippen LogP contribution in [-0.2, 0) is 14.3 Å². The van der Waals surface area contributed by atoms with Crippen LogP contribution in [0, 0.1) is 0 Å². The lowest BCUT2D eigenvalue weighted by molar-refractivity contribution is -0.143. The minimum Gasteiger partial charge on any atom is -0.466 e. The van der Waals surface area contributed by atoms with Gasteiger partial charge in [-0.3, -0.25) is 9.59 Å². The molecule has 6 nitrogen and oxygen atoms in total. The van der Waals surface area contributed by atoms with Crippen molar-refractivity contribution in [2.24, 2.45) is 0 Å². The van der Waals surface area contributed by atoms with Gasteiger partial charge in [0, 0.05) is 12.8 Å². The molecule has 0 fully saturated rings. The number of hydrogen-bond donors (Lipinski definition) is 3. The van der Waals surface area contributed by atoms with Gasteiger partial charge < -0.3 is 20.3 Å². The molecule has 0 aromatic rings. The number of carbonyl (C=O) groups is 2. The molecule has 0 saturated carbocycles. The minimum absolute atomic E-state index is 0.0165. The number of amides is 1. The second-order valence-electron chi connectivity index (χ2n) is 22.1. The highest BCUT2D eigenvalue weighted by atomic mass is 16.5. The van der Waals surface area contributed by atoms with Gasteiger partial charge in [0.2, 0.25) is 5.91 Å². The normalized spacial score (nSPS) is 12.5. The molecule has 2 unspecified atom stereocenters. The van der Waals surface area contributed by atoms with Crippen molar-refractivity contribution < 1.29 is 24.5 Å². The molecule has 412 valence electrons. The molecule has 0 bridgehead atoms. The predicted molar refractivity (Wildman–Crippen MR) is 301 cm³/mol. The van der Waals surface area contributed by atoms with Crippen molar-refractivity contribution in [3.63, 3.8) is 0 Å². The molecule has 0 heterocycles. The maximum atomic E-state index is 12.5. The summed E-state index contributed by atoms with van der Waals surface area (Å²) in [7, 11) is 0. The molecule has 0 radical (unpaired) electrons. The second kappa shape index (κ2) is 59.4. The summed E-state index contributed by atoms with van der Waals surface area (Å²) in [6, 6.07) is -0.541. The molecule has 3 N–H and O–H groups in total. The summed E-state index contributed by atoms with van der Waals surface area (Å²) in [5.41, 5.74) is 0. The van der Waals surface area contributed by atoms with Crippen LogP contribution in [0.4, 0.5) is 0 Å². The molecule has 1 amide bonds. The summed E-state index contributed by atoms with van der Waals surface area (Å²) in [5.74, 6) is -0.0179.